The van der Waals surface area contributed by atoms with E-state index < -0.39 is 0 Å². The molecule has 3 heteroatoms. The lowest BCUT2D eigenvalue weighted by molar-refractivity contribution is -0.122. The van der Waals surface area contributed by atoms with Gasteiger partial charge in [-0.15, -0.1) is 0 Å². The first kappa shape index (κ1) is 10.6. The van der Waals surface area contributed by atoms with Crippen LogP contribution in [0.3, 0.4) is 0 Å². The first-order valence-electron chi connectivity index (χ1n) is 6.35. The van der Waals surface area contributed by atoms with Crippen molar-refractivity contribution >= 4 is 5.91 Å². The fraction of sp³-hybridized carbons (Fsp3) is 0.500. The van der Waals surface area contributed by atoms with Gasteiger partial charge in [-0.2, -0.15) is 0 Å². The molecule has 1 heterocycles. The Kier molecular flexibility index (Phi) is 2.75. The van der Waals surface area contributed by atoms with Gasteiger partial charge in [-0.05, 0) is 42.9 Å². The molecule has 3 nitrogen and oxygen atoms in total. The molecular weight excluding hydrogens is 214 g/mol. The summed E-state index contributed by atoms with van der Waals surface area (Å²) in [6, 6.07) is 6.21. The molecule has 3 rings (SSSR count). The number of benzene rings is 1. The van der Waals surface area contributed by atoms with E-state index in [1.54, 1.807) is 0 Å². The molecule has 0 bridgehead atoms. The van der Waals surface area contributed by atoms with Gasteiger partial charge in [-0.3, -0.25) is 4.79 Å². The van der Waals surface area contributed by atoms with E-state index in [-0.39, 0.29) is 11.8 Å². The number of carbonyl (C=O) groups is 1. The van der Waals surface area contributed by atoms with Crippen LogP contribution in [0.5, 0.6) is 5.75 Å². The fourth-order valence-corrected chi connectivity index (χ4v) is 2.20. The lowest BCUT2D eigenvalue weighted by Crippen LogP contribution is -2.24. The Morgan fingerprint density at radius 1 is 1.41 bits per heavy atom. The predicted molar refractivity (Wildman–Crippen MR) is 64.8 cm³/mol. The van der Waals surface area contributed by atoms with Crippen molar-refractivity contribution in [3.63, 3.8) is 0 Å². The van der Waals surface area contributed by atoms with E-state index in [0.717, 1.165) is 38.0 Å². The third-order valence-electron chi connectivity index (χ3n) is 3.39. The molecule has 1 aliphatic heterocycles. The van der Waals surface area contributed by atoms with E-state index in [9.17, 15) is 4.79 Å². The maximum Gasteiger partial charge on any atom is 0.223 e. The van der Waals surface area contributed by atoms with Crippen LogP contribution in [0.25, 0.3) is 0 Å². The van der Waals surface area contributed by atoms with Gasteiger partial charge < -0.3 is 10.1 Å². The van der Waals surface area contributed by atoms with Gasteiger partial charge in [0, 0.05) is 12.5 Å². The Hall–Kier alpha value is -1.51. The van der Waals surface area contributed by atoms with E-state index in [1.165, 1.54) is 11.1 Å². The van der Waals surface area contributed by atoms with Gasteiger partial charge in [-0.1, -0.05) is 12.1 Å². The topological polar surface area (TPSA) is 38.3 Å². The van der Waals surface area contributed by atoms with Crippen molar-refractivity contribution in [1.82, 2.24) is 5.32 Å². The summed E-state index contributed by atoms with van der Waals surface area (Å²) in [5.74, 6) is 1.50. The zero-order chi connectivity index (χ0) is 11.7. The highest BCUT2D eigenvalue weighted by Gasteiger charge is 2.29. The Morgan fingerprint density at radius 3 is 3.12 bits per heavy atom. The van der Waals surface area contributed by atoms with E-state index in [2.05, 4.69) is 11.4 Å². The Labute approximate surface area is 101 Å². The van der Waals surface area contributed by atoms with Gasteiger partial charge in [0.25, 0.3) is 0 Å². The number of hydrogen-bond donors (Lipinski definition) is 1. The zero-order valence-corrected chi connectivity index (χ0v) is 9.87. The number of rotatable bonds is 3. The van der Waals surface area contributed by atoms with Crippen LogP contribution in [0, 0.1) is 5.92 Å². The van der Waals surface area contributed by atoms with Crippen molar-refractivity contribution in [1.29, 1.82) is 0 Å². The van der Waals surface area contributed by atoms with Gasteiger partial charge in [0.1, 0.15) is 5.75 Å². The maximum atomic E-state index is 11.5. The van der Waals surface area contributed by atoms with Crippen LogP contribution in [0.2, 0.25) is 0 Å². The van der Waals surface area contributed by atoms with Gasteiger partial charge in [-0.25, -0.2) is 0 Å². The van der Waals surface area contributed by atoms with Gasteiger partial charge in [0.15, 0.2) is 0 Å². The lowest BCUT2D eigenvalue weighted by Gasteiger charge is -2.18. The highest BCUT2D eigenvalue weighted by Crippen LogP contribution is 2.29. The molecule has 0 radical (unpaired) electrons. The number of nitrogens with one attached hydrogen (secondary N) is 1. The Bertz CT molecular complexity index is 438. The molecule has 1 aromatic rings. The molecule has 2 aliphatic rings. The molecule has 0 unspecified atom stereocenters. The minimum absolute atomic E-state index is 0.207. The fourth-order valence-electron chi connectivity index (χ4n) is 2.20. The van der Waals surface area contributed by atoms with E-state index in [1.807, 2.05) is 12.1 Å². The van der Waals surface area contributed by atoms with Gasteiger partial charge in [0.05, 0.1) is 6.61 Å². The molecule has 90 valence electrons. The molecule has 1 fully saturated rings. The highest BCUT2D eigenvalue weighted by molar-refractivity contribution is 5.80. The highest BCUT2D eigenvalue weighted by atomic mass is 16.5. The molecule has 1 saturated carbocycles. The molecule has 0 aromatic heterocycles. The van der Waals surface area contributed by atoms with Crippen molar-refractivity contribution in [2.75, 3.05) is 6.61 Å². The monoisotopic (exact) mass is 231 g/mol. The van der Waals surface area contributed by atoms with Gasteiger partial charge in [0.2, 0.25) is 5.91 Å². The summed E-state index contributed by atoms with van der Waals surface area (Å²) < 4.78 is 5.56. The quantitative estimate of drug-likeness (QED) is 0.864. The number of carbonyl (C=O) groups excluding carboxylic acids is 1. The summed E-state index contributed by atoms with van der Waals surface area (Å²) in [7, 11) is 0. The second kappa shape index (κ2) is 4.40. The smallest absolute Gasteiger partial charge is 0.223 e. The van der Waals surface area contributed by atoms with Crippen molar-refractivity contribution in [3.8, 4) is 5.75 Å². The van der Waals surface area contributed by atoms with Gasteiger partial charge >= 0.3 is 0 Å². The average Bonchev–Trinajstić information content (AvgIpc) is 3.20. The molecule has 1 amide bonds. The Balaban J connectivity index is 1.64. The Morgan fingerprint density at radius 2 is 2.29 bits per heavy atom. The van der Waals surface area contributed by atoms with Crippen LogP contribution >= 0.6 is 0 Å². The third-order valence-corrected chi connectivity index (χ3v) is 3.39. The van der Waals surface area contributed by atoms with Crippen LogP contribution in [-0.4, -0.2) is 12.5 Å². The van der Waals surface area contributed by atoms with E-state index in [4.69, 9.17) is 4.74 Å². The molecule has 17 heavy (non-hydrogen) atoms. The molecule has 0 spiro atoms. The van der Waals surface area contributed by atoms with E-state index in [0.29, 0.717) is 6.54 Å². The lowest BCUT2D eigenvalue weighted by atomic mass is 10.0. The van der Waals surface area contributed by atoms with Crippen molar-refractivity contribution in [3.05, 3.63) is 29.3 Å². The number of fused-ring (bicyclic) bond motifs is 1. The first-order chi connectivity index (χ1) is 8.33. The summed E-state index contributed by atoms with van der Waals surface area (Å²) >= 11 is 0. The molecule has 0 atom stereocenters. The van der Waals surface area contributed by atoms with Crippen molar-refractivity contribution in [2.45, 2.75) is 32.2 Å². The first-order valence-corrected chi connectivity index (χ1v) is 6.35. The van der Waals surface area contributed by atoms with Crippen LogP contribution in [-0.2, 0) is 17.8 Å². The minimum Gasteiger partial charge on any atom is -0.493 e. The summed E-state index contributed by atoms with van der Waals surface area (Å²) in [5, 5.41) is 2.99. The summed E-state index contributed by atoms with van der Waals surface area (Å²) in [6.07, 6.45) is 4.29. The third kappa shape index (κ3) is 2.43. The normalized spacial score (nSPS) is 18.1. The number of aryl methyl sites for hydroxylation is 1. The summed E-state index contributed by atoms with van der Waals surface area (Å²) in [5.41, 5.74) is 2.44. The van der Waals surface area contributed by atoms with Crippen molar-refractivity contribution in [2.24, 2.45) is 5.92 Å². The average molecular weight is 231 g/mol. The predicted octanol–water partition coefficient (Wildman–Crippen LogP) is 2.04. The van der Waals surface area contributed by atoms with Crippen molar-refractivity contribution < 1.29 is 9.53 Å². The SMILES string of the molecule is O=C(NCc1ccc2c(c1)CCCO2)C1CC1. The molecule has 1 aromatic carbocycles. The second-order valence-corrected chi connectivity index (χ2v) is 4.89. The number of amides is 1. The van der Waals surface area contributed by atoms with Crippen LogP contribution < -0.4 is 10.1 Å². The second-order valence-electron chi connectivity index (χ2n) is 4.89. The number of hydrogen-bond acceptors (Lipinski definition) is 2. The number of ether oxygens (including phenoxy) is 1. The molecular formula is C14H17NO2. The summed E-state index contributed by atoms with van der Waals surface area (Å²) in [4.78, 5) is 11.5. The van der Waals surface area contributed by atoms with Crippen LogP contribution in [0.1, 0.15) is 30.4 Å². The molecule has 1 N–H and O–H groups in total. The molecule has 0 saturated heterocycles. The summed E-state index contributed by atoms with van der Waals surface area (Å²) in [6.45, 7) is 1.47. The zero-order valence-electron chi connectivity index (χ0n) is 9.87. The van der Waals surface area contributed by atoms with Crippen LogP contribution in [0.4, 0.5) is 0 Å². The standard InChI is InChI=1S/C14H17NO2/c16-14(11-4-5-11)15-9-10-3-6-13-12(8-10)2-1-7-17-13/h3,6,8,11H,1-2,4-5,7,9H2,(H,15,16). The van der Waals surface area contributed by atoms with E-state index >= 15 is 0 Å². The van der Waals surface area contributed by atoms with Crippen LogP contribution in [0.15, 0.2) is 18.2 Å². The minimum atomic E-state index is 0.207. The largest absolute Gasteiger partial charge is 0.493 e. The molecule has 1 aliphatic carbocycles. The maximum absolute atomic E-state index is 11.5.